The van der Waals surface area contributed by atoms with Crippen molar-refractivity contribution in [2.45, 2.75) is 26.2 Å². The molecule has 2 heterocycles. The van der Waals surface area contributed by atoms with E-state index in [1.165, 1.54) is 12.1 Å². The van der Waals surface area contributed by atoms with Gasteiger partial charge in [0.15, 0.2) is 5.69 Å². The predicted octanol–water partition coefficient (Wildman–Crippen LogP) is 2.65. The van der Waals surface area contributed by atoms with Crippen molar-refractivity contribution in [1.82, 2.24) is 14.7 Å². The van der Waals surface area contributed by atoms with Crippen LogP contribution in [-0.2, 0) is 4.79 Å². The number of nitrogens with zero attached hydrogens (tertiary/aromatic N) is 3. The van der Waals surface area contributed by atoms with Crippen molar-refractivity contribution in [2.75, 3.05) is 13.1 Å². The van der Waals surface area contributed by atoms with Crippen LogP contribution in [0.15, 0.2) is 30.5 Å². The number of halogens is 1. The number of aromatic nitrogens is 2. The van der Waals surface area contributed by atoms with E-state index in [0.29, 0.717) is 24.5 Å². The highest BCUT2D eigenvalue weighted by Gasteiger charge is 2.59. The highest BCUT2D eigenvalue weighted by molar-refractivity contribution is 5.93. The molecule has 1 aliphatic carbocycles. The molecule has 26 heavy (non-hydrogen) atoms. The number of carboxylic acids is 1. The van der Waals surface area contributed by atoms with Crippen LogP contribution >= 0.6 is 0 Å². The number of hydrogen-bond donors (Lipinski definition) is 1. The van der Waals surface area contributed by atoms with E-state index < -0.39 is 5.97 Å². The molecule has 136 valence electrons. The zero-order valence-corrected chi connectivity index (χ0v) is 14.5. The Bertz CT molecular complexity index is 867. The minimum Gasteiger partial charge on any atom is -0.481 e. The summed E-state index contributed by atoms with van der Waals surface area (Å²) in [4.78, 5) is 25.8. The van der Waals surface area contributed by atoms with E-state index in [2.05, 4.69) is 5.10 Å². The molecular weight excluding hydrogens is 337 g/mol. The first-order valence-corrected chi connectivity index (χ1v) is 8.74. The number of piperidine rings is 1. The highest BCUT2D eigenvalue weighted by Crippen LogP contribution is 2.59. The van der Waals surface area contributed by atoms with Crippen LogP contribution in [0.3, 0.4) is 0 Å². The van der Waals surface area contributed by atoms with Gasteiger partial charge >= 0.3 is 5.97 Å². The van der Waals surface area contributed by atoms with Gasteiger partial charge in [0.05, 0.1) is 11.6 Å². The minimum atomic E-state index is -0.723. The van der Waals surface area contributed by atoms with E-state index in [1.54, 1.807) is 27.9 Å². The molecule has 0 radical (unpaired) electrons. The molecule has 1 aliphatic heterocycles. The summed E-state index contributed by atoms with van der Waals surface area (Å²) in [7, 11) is 0. The molecule has 1 atom stereocenters. The van der Waals surface area contributed by atoms with Gasteiger partial charge in [0.2, 0.25) is 0 Å². The molecule has 2 aliphatic rings. The molecule has 1 amide bonds. The molecule has 1 saturated heterocycles. The lowest BCUT2D eigenvalue weighted by molar-refractivity contribution is -0.139. The van der Waals surface area contributed by atoms with E-state index in [9.17, 15) is 19.1 Å². The number of likely N-dealkylation sites (tertiary alicyclic amines) is 1. The van der Waals surface area contributed by atoms with Crippen molar-refractivity contribution in [3.8, 4) is 5.69 Å². The van der Waals surface area contributed by atoms with Gasteiger partial charge in [-0.1, -0.05) is 0 Å². The molecule has 1 aromatic heterocycles. The number of rotatable bonds is 3. The lowest BCUT2D eigenvalue weighted by Gasteiger charge is -2.32. The fourth-order valence-electron chi connectivity index (χ4n) is 3.95. The van der Waals surface area contributed by atoms with E-state index in [-0.39, 0.29) is 23.1 Å². The Morgan fingerprint density at radius 2 is 1.88 bits per heavy atom. The van der Waals surface area contributed by atoms with Crippen LogP contribution in [0.2, 0.25) is 0 Å². The van der Waals surface area contributed by atoms with Crippen LogP contribution in [0.5, 0.6) is 0 Å². The number of carbonyl (C=O) groups is 2. The quantitative estimate of drug-likeness (QED) is 0.916. The Balaban J connectivity index is 1.48. The third-order valence-electron chi connectivity index (χ3n) is 5.73. The van der Waals surface area contributed by atoms with Crippen LogP contribution in [0.25, 0.3) is 5.69 Å². The van der Waals surface area contributed by atoms with Crippen LogP contribution in [0, 0.1) is 24.1 Å². The van der Waals surface area contributed by atoms with Gasteiger partial charge in [0.25, 0.3) is 5.91 Å². The maximum absolute atomic E-state index is 13.1. The molecular formula is C19H20FN3O3. The first kappa shape index (κ1) is 16.8. The molecule has 4 rings (SSSR count). The molecule has 2 aromatic rings. The van der Waals surface area contributed by atoms with Gasteiger partial charge in [-0.2, -0.15) is 5.10 Å². The molecule has 1 unspecified atom stereocenters. The van der Waals surface area contributed by atoms with Gasteiger partial charge < -0.3 is 10.0 Å². The lowest BCUT2D eigenvalue weighted by atomic mass is 9.90. The SMILES string of the molecule is Cc1cn(-c2ccc(F)cc2)nc1C(=O)N1CCC2(CC1)CC2C(=O)O. The average molecular weight is 357 g/mol. The summed E-state index contributed by atoms with van der Waals surface area (Å²) in [5, 5.41) is 13.6. The topological polar surface area (TPSA) is 75.4 Å². The average Bonchev–Trinajstić information content (AvgIpc) is 3.19. The Hall–Kier alpha value is -2.70. The van der Waals surface area contributed by atoms with Gasteiger partial charge in [-0.15, -0.1) is 0 Å². The van der Waals surface area contributed by atoms with Crippen molar-refractivity contribution >= 4 is 11.9 Å². The summed E-state index contributed by atoms with van der Waals surface area (Å²) in [6, 6.07) is 5.93. The third-order valence-corrected chi connectivity index (χ3v) is 5.73. The number of amides is 1. The van der Waals surface area contributed by atoms with Gasteiger partial charge in [0.1, 0.15) is 5.82 Å². The molecule has 7 heteroatoms. The molecule has 1 spiro atoms. The number of aliphatic carboxylic acids is 1. The summed E-state index contributed by atoms with van der Waals surface area (Å²) in [6.45, 7) is 2.95. The Morgan fingerprint density at radius 3 is 2.46 bits per heavy atom. The number of carbonyl (C=O) groups excluding carboxylic acids is 1. The first-order valence-electron chi connectivity index (χ1n) is 8.74. The van der Waals surface area contributed by atoms with Crippen molar-refractivity contribution in [3.05, 3.63) is 47.5 Å². The van der Waals surface area contributed by atoms with Crippen LogP contribution in [-0.4, -0.2) is 44.8 Å². The van der Waals surface area contributed by atoms with Gasteiger partial charge in [-0.05, 0) is 55.9 Å². The first-order chi connectivity index (χ1) is 12.4. The standard InChI is InChI=1S/C19H20FN3O3/c1-12-11-23(14-4-2-13(20)3-5-14)21-16(12)17(24)22-8-6-19(7-9-22)10-15(19)18(25)26/h2-5,11,15H,6-10H2,1H3,(H,25,26). The van der Waals surface area contributed by atoms with Crippen molar-refractivity contribution in [1.29, 1.82) is 0 Å². The van der Waals surface area contributed by atoms with E-state index in [4.69, 9.17) is 0 Å². The fraction of sp³-hybridized carbons (Fsp3) is 0.421. The van der Waals surface area contributed by atoms with Crippen LogP contribution in [0.4, 0.5) is 4.39 Å². The Morgan fingerprint density at radius 1 is 1.23 bits per heavy atom. The predicted molar refractivity (Wildman–Crippen MR) is 91.6 cm³/mol. The summed E-state index contributed by atoms with van der Waals surface area (Å²) < 4.78 is 14.7. The molecule has 1 N–H and O–H groups in total. The zero-order valence-electron chi connectivity index (χ0n) is 14.5. The zero-order chi connectivity index (χ0) is 18.5. The largest absolute Gasteiger partial charge is 0.481 e. The lowest BCUT2D eigenvalue weighted by Crippen LogP contribution is -2.40. The van der Waals surface area contributed by atoms with Gasteiger partial charge in [-0.25, -0.2) is 9.07 Å². The van der Waals surface area contributed by atoms with Crippen molar-refractivity contribution in [3.63, 3.8) is 0 Å². The molecule has 0 bridgehead atoms. The monoisotopic (exact) mass is 357 g/mol. The summed E-state index contributed by atoms with van der Waals surface area (Å²) >= 11 is 0. The number of hydrogen-bond acceptors (Lipinski definition) is 3. The Kier molecular flexibility index (Phi) is 3.82. The minimum absolute atomic E-state index is 0.106. The van der Waals surface area contributed by atoms with Gasteiger partial charge in [-0.3, -0.25) is 9.59 Å². The second kappa shape index (κ2) is 5.93. The van der Waals surface area contributed by atoms with E-state index in [0.717, 1.165) is 24.8 Å². The molecule has 6 nitrogen and oxygen atoms in total. The van der Waals surface area contributed by atoms with Crippen LogP contribution < -0.4 is 0 Å². The maximum atomic E-state index is 13.1. The number of aryl methyl sites for hydroxylation is 1. The summed E-state index contributed by atoms with van der Waals surface area (Å²) in [5.74, 6) is -1.43. The summed E-state index contributed by atoms with van der Waals surface area (Å²) in [6.07, 6.45) is 3.94. The molecule has 2 fully saturated rings. The normalized spacial score (nSPS) is 21.0. The number of carboxylic acid groups (broad SMARTS) is 1. The number of benzene rings is 1. The van der Waals surface area contributed by atoms with Crippen molar-refractivity contribution < 1.29 is 19.1 Å². The van der Waals surface area contributed by atoms with E-state index in [1.807, 2.05) is 6.92 Å². The highest BCUT2D eigenvalue weighted by atomic mass is 19.1. The van der Waals surface area contributed by atoms with Gasteiger partial charge in [0, 0.05) is 24.8 Å². The third kappa shape index (κ3) is 2.77. The van der Waals surface area contributed by atoms with Crippen molar-refractivity contribution in [2.24, 2.45) is 11.3 Å². The van der Waals surface area contributed by atoms with Crippen LogP contribution in [0.1, 0.15) is 35.3 Å². The summed E-state index contributed by atoms with van der Waals surface area (Å²) in [5.41, 5.74) is 1.73. The molecule has 1 saturated carbocycles. The molecule has 1 aromatic carbocycles. The maximum Gasteiger partial charge on any atom is 0.307 e. The van der Waals surface area contributed by atoms with E-state index >= 15 is 0 Å². The fourth-order valence-corrected chi connectivity index (χ4v) is 3.95. The smallest absolute Gasteiger partial charge is 0.307 e. The second-order valence-corrected chi connectivity index (χ2v) is 7.33. The second-order valence-electron chi connectivity index (χ2n) is 7.33. The Labute approximate surface area is 150 Å².